The third kappa shape index (κ3) is 6.61. The summed E-state index contributed by atoms with van der Waals surface area (Å²) in [6.45, 7) is 1.98. The Morgan fingerprint density at radius 2 is 1.77 bits per heavy atom. The molecule has 1 saturated heterocycles. The minimum absolute atomic E-state index is 0.0519. The van der Waals surface area contributed by atoms with Gasteiger partial charge in [0.1, 0.15) is 5.75 Å². The second kappa shape index (κ2) is 11.5. The average Bonchev–Trinajstić information content (AvgIpc) is 2.95. The number of nitrogens with zero attached hydrogens (tertiary/aromatic N) is 5. The normalized spacial score (nSPS) is 13.9. The number of aromatic nitrogens is 3. The van der Waals surface area contributed by atoms with Gasteiger partial charge in [-0.1, -0.05) is 12.1 Å². The number of nitrogens with one attached hydrogen (secondary N) is 2. The second-order valence-corrected chi connectivity index (χ2v) is 8.78. The van der Waals surface area contributed by atoms with E-state index >= 15 is 0 Å². The Hall–Kier alpha value is -4.78. The van der Waals surface area contributed by atoms with Gasteiger partial charge in [0.05, 0.1) is 48.8 Å². The fourth-order valence-corrected chi connectivity index (χ4v) is 4.00. The highest BCUT2D eigenvalue weighted by Crippen LogP contribution is 2.36. The molecule has 13 heteroatoms. The molecule has 2 aromatic heterocycles. The molecule has 5 rings (SSSR count). The van der Waals surface area contributed by atoms with E-state index < -0.39 is 17.6 Å². The van der Waals surface area contributed by atoms with Crippen LogP contribution in [0.5, 0.6) is 5.75 Å². The predicted molar refractivity (Wildman–Crippen MR) is 142 cm³/mol. The molecule has 1 aliphatic rings. The Bertz CT molecular complexity index is 1510. The van der Waals surface area contributed by atoms with E-state index in [2.05, 4.69) is 30.8 Å². The van der Waals surface area contributed by atoms with E-state index in [9.17, 15) is 22.7 Å². The van der Waals surface area contributed by atoms with Gasteiger partial charge in [-0.15, -0.1) is 0 Å². The number of anilines is 4. The minimum Gasteiger partial charge on any atom is -0.508 e. The molecule has 1 fully saturated rings. The molecule has 1 aliphatic heterocycles. The predicted octanol–water partition coefficient (Wildman–Crippen LogP) is 5.43. The zero-order valence-electron chi connectivity index (χ0n) is 20.9. The molecule has 2 aromatic carbocycles. The summed E-state index contributed by atoms with van der Waals surface area (Å²) in [6, 6.07) is 12.8. The highest BCUT2D eigenvalue weighted by atomic mass is 19.4. The SMILES string of the molecule is Oc1cccc(-c2cc(Nc3ccc(/C=N/Nc4ncc(F)c(N5CCOCC5)n4)nc3)cc(C(F)(F)F)c2)c1. The van der Waals surface area contributed by atoms with Gasteiger partial charge in [-0.2, -0.15) is 23.3 Å². The topological polar surface area (TPSA) is 108 Å². The zero-order valence-corrected chi connectivity index (χ0v) is 20.9. The average molecular weight is 554 g/mol. The van der Waals surface area contributed by atoms with Crippen LogP contribution in [0, 0.1) is 5.82 Å². The summed E-state index contributed by atoms with van der Waals surface area (Å²) in [6.07, 6.45) is -0.657. The molecule has 4 aromatic rings. The van der Waals surface area contributed by atoms with Gasteiger partial charge in [-0.25, -0.2) is 14.8 Å². The Labute approximate surface area is 226 Å². The standard InChI is InChI=1S/C27H23F4N7O2/c28-24-16-33-26(36-25(24)38-6-8-40-9-7-38)37-34-15-20-4-5-21(14-32-20)35-22-11-18(10-19(13-22)27(29,30)31)17-2-1-3-23(39)12-17/h1-5,10-16,35,39H,6-9H2,(H,33,36,37)/b34-15+. The van der Waals surface area contributed by atoms with Crippen molar-refractivity contribution in [1.29, 1.82) is 0 Å². The van der Waals surface area contributed by atoms with Crippen LogP contribution in [0.2, 0.25) is 0 Å². The molecule has 206 valence electrons. The van der Waals surface area contributed by atoms with Crippen molar-refractivity contribution in [2.75, 3.05) is 41.9 Å². The third-order valence-corrected chi connectivity index (χ3v) is 5.91. The number of rotatable bonds is 7. The van der Waals surface area contributed by atoms with Gasteiger partial charge in [0.25, 0.3) is 0 Å². The fourth-order valence-electron chi connectivity index (χ4n) is 4.00. The highest BCUT2D eigenvalue weighted by molar-refractivity contribution is 5.78. The summed E-state index contributed by atoms with van der Waals surface area (Å²) >= 11 is 0. The molecule has 0 unspecified atom stereocenters. The van der Waals surface area contributed by atoms with Crippen molar-refractivity contribution >= 4 is 29.4 Å². The molecular formula is C27H23F4N7O2. The molecule has 0 atom stereocenters. The van der Waals surface area contributed by atoms with Gasteiger partial charge >= 0.3 is 6.18 Å². The van der Waals surface area contributed by atoms with Crippen LogP contribution >= 0.6 is 0 Å². The Morgan fingerprint density at radius 1 is 0.950 bits per heavy atom. The lowest BCUT2D eigenvalue weighted by Crippen LogP contribution is -2.37. The van der Waals surface area contributed by atoms with Gasteiger partial charge < -0.3 is 20.1 Å². The maximum atomic E-state index is 14.2. The number of ether oxygens (including phenoxy) is 1. The number of halogens is 4. The molecular weight excluding hydrogens is 530 g/mol. The van der Waals surface area contributed by atoms with E-state index in [1.54, 1.807) is 35.2 Å². The van der Waals surface area contributed by atoms with E-state index in [1.165, 1.54) is 24.5 Å². The number of hydrazone groups is 1. The quantitative estimate of drug-likeness (QED) is 0.158. The number of hydrogen-bond acceptors (Lipinski definition) is 9. The molecule has 3 heterocycles. The van der Waals surface area contributed by atoms with Crippen LogP contribution in [0.15, 0.2) is 72.1 Å². The number of phenols is 1. The summed E-state index contributed by atoms with van der Waals surface area (Å²) in [5, 5.41) is 16.7. The Morgan fingerprint density at radius 3 is 2.50 bits per heavy atom. The lowest BCUT2D eigenvalue weighted by Gasteiger charge is -2.27. The first kappa shape index (κ1) is 26.8. The smallest absolute Gasteiger partial charge is 0.416 e. The molecule has 0 aliphatic carbocycles. The molecule has 0 radical (unpaired) electrons. The first-order valence-corrected chi connectivity index (χ1v) is 12.1. The van der Waals surface area contributed by atoms with E-state index in [0.717, 1.165) is 18.3 Å². The van der Waals surface area contributed by atoms with Gasteiger partial charge in [-0.05, 0) is 53.6 Å². The van der Waals surface area contributed by atoms with Crippen molar-refractivity contribution in [2.45, 2.75) is 6.18 Å². The summed E-state index contributed by atoms with van der Waals surface area (Å²) in [5.41, 5.74) is 3.62. The van der Waals surface area contributed by atoms with Crippen molar-refractivity contribution in [3.63, 3.8) is 0 Å². The molecule has 0 saturated carbocycles. The van der Waals surface area contributed by atoms with Gasteiger partial charge in [-0.3, -0.25) is 4.98 Å². The van der Waals surface area contributed by atoms with Crippen molar-refractivity contribution in [1.82, 2.24) is 15.0 Å². The van der Waals surface area contributed by atoms with Crippen LogP contribution in [0.3, 0.4) is 0 Å². The van der Waals surface area contributed by atoms with Crippen LogP contribution in [-0.4, -0.2) is 52.6 Å². The van der Waals surface area contributed by atoms with Crippen LogP contribution in [0.1, 0.15) is 11.3 Å². The third-order valence-electron chi connectivity index (χ3n) is 5.91. The summed E-state index contributed by atoms with van der Waals surface area (Å²) in [7, 11) is 0. The molecule has 40 heavy (non-hydrogen) atoms. The van der Waals surface area contributed by atoms with E-state index in [4.69, 9.17) is 4.74 Å². The molecule has 0 spiro atoms. The van der Waals surface area contributed by atoms with E-state index in [-0.39, 0.29) is 28.8 Å². The monoisotopic (exact) mass is 553 g/mol. The first-order chi connectivity index (χ1) is 19.2. The summed E-state index contributed by atoms with van der Waals surface area (Å²) in [4.78, 5) is 14.1. The lowest BCUT2D eigenvalue weighted by atomic mass is 10.0. The summed E-state index contributed by atoms with van der Waals surface area (Å²) in [5.74, 6) is -0.337. The number of benzene rings is 2. The van der Waals surface area contributed by atoms with Gasteiger partial charge in [0.15, 0.2) is 11.6 Å². The number of alkyl halides is 3. The number of phenolic OH excluding ortho intramolecular Hbond substituents is 1. The first-order valence-electron chi connectivity index (χ1n) is 12.1. The highest BCUT2D eigenvalue weighted by Gasteiger charge is 2.31. The number of hydrogen-bond donors (Lipinski definition) is 3. The number of morpholine rings is 1. The molecule has 9 nitrogen and oxygen atoms in total. The molecule has 0 bridgehead atoms. The van der Waals surface area contributed by atoms with Crippen LogP contribution < -0.4 is 15.6 Å². The van der Waals surface area contributed by atoms with Gasteiger partial charge in [0.2, 0.25) is 5.95 Å². The maximum absolute atomic E-state index is 14.2. The van der Waals surface area contributed by atoms with E-state index in [0.29, 0.717) is 43.2 Å². The Balaban J connectivity index is 1.28. The fraction of sp³-hybridized carbons (Fsp3) is 0.185. The largest absolute Gasteiger partial charge is 0.508 e. The second-order valence-electron chi connectivity index (χ2n) is 8.78. The van der Waals surface area contributed by atoms with Crippen LogP contribution in [0.4, 0.5) is 40.7 Å². The molecule has 0 amide bonds. The number of aromatic hydroxyl groups is 1. The maximum Gasteiger partial charge on any atom is 0.416 e. The lowest BCUT2D eigenvalue weighted by molar-refractivity contribution is -0.137. The minimum atomic E-state index is -4.56. The van der Waals surface area contributed by atoms with E-state index in [1.807, 2.05) is 0 Å². The van der Waals surface area contributed by atoms with Crippen LogP contribution in [0.25, 0.3) is 11.1 Å². The van der Waals surface area contributed by atoms with Crippen molar-refractivity contribution in [2.24, 2.45) is 5.10 Å². The summed E-state index contributed by atoms with van der Waals surface area (Å²) < 4.78 is 60.2. The van der Waals surface area contributed by atoms with Crippen molar-refractivity contribution < 1.29 is 27.4 Å². The number of pyridine rings is 1. The molecule has 3 N–H and O–H groups in total. The van der Waals surface area contributed by atoms with Gasteiger partial charge in [0, 0.05) is 18.8 Å². The van der Waals surface area contributed by atoms with Crippen molar-refractivity contribution in [3.8, 4) is 16.9 Å². The zero-order chi connectivity index (χ0) is 28.1. The van der Waals surface area contributed by atoms with Crippen LogP contribution in [-0.2, 0) is 10.9 Å². The Kier molecular flexibility index (Phi) is 7.73. The van der Waals surface area contributed by atoms with Crippen molar-refractivity contribution in [3.05, 3.63) is 84.1 Å².